The third-order valence-corrected chi connectivity index (χ3v) is 5.53. The van der Waals surface area contributed by atoms with E-state index < -0.39 is 0 Å². The number of alkyl halides is 1. The first-order valence-electron chi connectivity index (χ1n) is 6.40. The van der Waals surface area contributed by atoms with E-state index in [2.05, 4.69) is 77.5 Å². The highest BCUT2D eigenvalue weighted by Gasteiger charge is 2.10. The molecule has 19 heavy (non-hydrogen) atoms. The SMILES string of the molecule is Cc1ccc(C(Br)Cc2ccc3ccccc3c2)s1. The van der Waals surface area contributed by atoms with Crippen molar-refractivity contribution in [2.24, 2.45) is 0 Å². The minimum Gasteiger partial charge on any atom is -0.145 e. The first-order chi connectivity index (χ1) is 9.22. The fourth-order valence-corrected chi connectivity index (χ4v) is 3.96. The fraction of sp³-hybridized carbons (Fsp3) is 0.176. The van der Waals surface area contributed by atoms with Crippen LogP contribution in [-0.2, 0) is 6.42 Å². The summed E-state index contributed by atoms with van der Waals surface area (Å²) in [6.45, 7) is 2.16. The molecule has 96 valence electrons. The van der Waals surface area contributed by atoms with Crippen LogP contribution in [0.3, 0.4) is 0 Å². The molecule has 0 radical (unpaired) electrons. The third-order valence-electron chi connectivity index (χ3n) is 3.30. The summed E-state index contributed by atoms with van der Waals surface area (Å²) in [6, 6.07) is 19.7. The van der Waals surface area contributed by atoms with Gasteiger partial charge in [0.05, 0.1) is 4.83 Å². The van der Waals surface area contributed by atoms with Crippen LogP contribution in [0.4, 0.5) is 0 Å². The number of rotatable bonds is 3. The summed E-state index contributed by atoms with van der Waals surface area (Å²) in [6.07, 6.45) is 1.03. The van der Waals surface area contributed by atoms with E-state index in [9.17, 15) is 0 Å². The Kier molecular flexibility index (Phi) is 3.72. The lowest BCUT2D eigenvalue weighted by atomic mass is 10.0. The Morgan fingerprint density at radius 1 is 1.00 bits per heavy atom. The molecule has 0 saturated heterocycles. The van der Waals surface area contributed by atoms with Crippen LogP contribution in [0.5, 0.6) is 0 Å². The zero-order valence-electron chi connectivity index (χ0n) is 10.8. The van der Waals surface area contributed by atoms with Crippen molar-refractivity contribution in [3.05, 3.63) is 69.9 Å². The average Bonchev–Trinajstić information content (AvgIpc) is 2.85. The van der Waals surface area contributed by atoms with Crippen molar-refractivity contribution >= 4 is 38.0 Å². The van der Waals surface area contributed by atoms with Crippen LogP contribution in [0.15, 0.2) is 54.6 Å². The van der Waals surface area contributed by atoms with E-state index in [1.165, 1.54) is 26.1 Å². The number of benzene rings is 2. The van der Waals surface area contributed by atoms with Gasteiger partial charge in [-0.25, -0.2) is 0 Å². The molecule has 0 saturated carbocycles. The second kappa shape index (κ2) is 5.48. The minimum absolute atomic E-state index is 0.410. The summed E-state index contributed by atoms with van der Waals surface area (Å²) >= 11 is 5.68. The summed E-state index contributed by atoms with van der Waals surface area (Å²) in [4.78, 5) is 3.19. The zero-order chi connectivity index (χ0) is 13.2. The Hall–Kier alpha value is -1.12. The van der Waals surface area contributed by atoms with Crippen molar-refractivity contribution in [3.8, 4) is 0 Å². The maximum Gasteiger partial charge on any atom is 0.0529 e. The molecule has 0 aliphatic rings. The van der Waals surface area contributed by atoms with Crippen LogP contribution in [0.2, 0.25) is 0 Å². The largest absolute Gasteiger partial charge is 0.145 e. The summed E-state index contributed by atoms with van der Waals surface area (Å²) < 4.78 is 0. The number of aryl methyl sites for hydroxylation is 1. The van der Waals surface area contributed by atoms with E-state index >= 15 is 0 Å². The lowest BCUT2D eigenvalue weighted by Crippen LogP contribution is -1.92. The molecule has 2 aromatic carbocycles. The van der Waals surface area contributed by atoms with Gasteiger partial charge in [-0.1, -0.05) is 58.4 Å². The van der Waals surface area contributed by atoms with Crippen LogP contribution in [0, 0.1) is 6.92 Å². The van der Waals surface area contributed by atoms with Gasteiger partial charge in [0.15, 0.2) is 0 Å². The molecule has 0 nitrogen and oxygen atoms in total. The predicted molar refractivity (Wildman–Crippen MR) is 88.4 cm³/mol. The highest BCUT2D eigenvalue weighted by molar-refractivity contribution is 9.09. The molecule has 0 fully saturated rings. The van der Waals surface area contributed by atoms with E-state index in [1.54, 1.807) is 0 Å². The monoisotopic (exact) mass is 330 g/mol. The van der Waals surface area contributed by atoms with Gasteiger partial charge < -0.3 is 0 Å². The molecule has 3 rings (SSSR count). The van der Waals surface area contributed by atoms with E-state index in [1.807, 2.05) is 11.3 Å². The normalized spacial score (nSPS) is 12.7. The van der Waals surface area contributed by atoms with Gasteiger partial charge in [0.1, 0.15) is 0 Å². The lowest BCUT2D eigenvalue weighted by molar-refractivity contribution is 0.972. The topological polar surface area (TPSA) is 0 Å². The molecule has 1 heterocycles. The fourth-order valence-electron chi connectivity index (χ4n) is 2.30. The number of hydrogen-bond donors (Lipinski definition) is 0. The summed E-state index contributed by atoms with van der Waals surface area (Å²) in [5, 5.41) is 2.63. The first kappa shape index (κ1) is 12.9. The van der Waals surface area contributed by atoms with Crippen molar-refractivity contribution in [1.29, 1.82) is 0 Å². The van der Waals surface area contributed by atoms with Crippen molar-refractivity contribution in [3.63, 3.8) is 0 Å². The summed E-state index contributed by atoms with van der Waals surface area (Å²) in [5.41, 5.74) is 1.38. The molecule has 0 aliphatic heterocycles. The van der Waals surface area contributed by atoms with E-state index in [0.717, 1.165) is 6.42 Å². The van der Waals surface area contributed by atoms with Crippen LogP contribution in [-0.4, -0.2) is 0 Å². The number of fused-ring (bicyclic) bond motifs is 1. The highest BCUT2D eigenvalue weighted by atomic mass is 79.9. The number of hydrogen-bond acceptors (Lipinski definition) is 1. The van der Waals surface area contributed by atoms with E-state index in [-0.39, 0.29) is 0 Å². The lowest BCUT2D eigenvalue weighted by Gasteiger charge is -2.09. The quantitative estimate of drug-likeness (QED) is 0.525. The van der Waals surface area contributed by atoms with Crippen molar-refractivity contribution in [1.82, 2.24) is 0 Å². The molecule has 0 amide bonds. The van der Waals surface area contributed by atoms with Gasteiger partial charge >= 0.3 is 0 Å². The second-order valence-electron chi connectivity index (χ2n) is 4.80. The predicted octanol–water partition coefficient (Wildman–Crippen LogP) is 5.89. The molecule has 3 aromatic rings. The Morgan fingerprint density at radius 3 is 2.53 bits per heavy atom. The Morgan fingerprint density at radius 2 is 1.79 bits per heavy atom. The van der Waals surface area contributed by atoms with Crippen molar-refractivity contribution in [2.75, 3.05) is 0 Å². The minimum atomic E-state index is 0.410. The van der Waals surface area contributed by atoms with E-state index in [0.29, 0.717) is 4.83 Å². The average molecular weight is 331 g/mol. The maximum atomic E-state index is 3.81. The van der Waals surface area contributed by atoms with Crippen LogP contribution in [0.25, 0.3) is 10.8 Å². The van der Waals surface area contributed by atoms with Gasteiger partial charge in [0.2, 0.25) is 0 Å². The van der Waals surface area contributed by atoms with Crippen LogP contribution in [0.1, 0.15) is 20.1 Å². The zero-order valence-corrected chi connectivity index (χ0v) is 13.2. The van der Waals surface area contributed by atoms with Crippen molar-refractivity contribution in [2.45, 2.75) is 18.2 Å². The molecule has 1 aromatic heterocycles. The Labute approximate surface area is 126 Å². The number of thiophene rings is 1. The van der Waals surface area contributed by atoms with Crippen molar-refractivity contribution < 1.29 is 0 Å². The highest BCUT2D eigenvalue weighted by Crippen LogP contribution is 2.32. The molecule has 1 atom stereocenters. The first-order valence-corrected chi connectivity index (χ1v) is 8.14. The molecule has 2 heteroatoms. The second-order valence-corrected chi connectivity index (χ2v) is 7.23. The van der Waals surface area contributed by atoms with Gasteiger partial charge in [0, 0.05) is 9.75 Å². The van der Waals surface area contributed by atoms with Crippen LogP contribution < -0.4 is 0 Å². The summed E-state index contributed by atoms with van der Waals surface area (Å²) in [7, 11) is 0. The Bertz CT molecular complexity index is 699. The van der Waals surface area contributed by atoms with Gasteiger partial charge in [0.25, 0.3) is 0 Å². The standard InChI is InChI=1S/C17H15BrS/c1-12-6-9-17(19-12)16(18)11-13-7-8-14-4-2-3-5-15(14)10-13/h2-10,16H,11H2,1H3. The van der Waals surface area contributed by atoms with Gasteiger partial charge in [-0.05, 0) is 41.8 Å². The van der Waals surface area contributed by atoms with Gasteiger partial charge in [-0.3, -0.25) is 0 Å². The molecule has 0 spiro atoms. The van der Waals surface area contributed by atoms with Crippen LogP contribution >= 0.6 is 27.3 Å². The third kappa shape index (κ3) is 2.90. The molecule has 0 N–H and O–H groups in total. The maximum absolute atomic E-state index is 3.81. The van der Waals surface area contributed by atoms with Gasteiger partial charge in [-0.15, -0.1) is 11.3 Å². The molecular formula is C17H15BrS. The number of halogens is 1. The van der Waals surface area contributed by atoms with E-state index in [4.69, 9.17) is 0 Å². The molecule has 0 bridgehead atoms. The molecule has 0 aliphatic carbocycles. The van der Waals surface area contributed by atoms with Gasteiger partial charge in [-0.2, -0.15) is 0 Å². The summed E-state index contributed by atoms with van der Waals surface area (Å²) in [5.74, 6) is 0. The molecular weight excluding hydrogens is 316 g/mol. The Balaban J connectivity index is 1.84. The smallest absolute Gasteiger partial charge is 0.0529 e. The molecule has 1 unspecified atom stereocenters.